The number of halogens is 5. The molecule has 0 aliphatic heterocycles. The van der Waals surface area contributed by atoms with Gasteiger partial charge in [0.15, 0.2) is 0 Å². The molecule has 0 unspecified atom stereocenters. The van der Waals surface area contributed by atoms with Gasteiger partial charge in [-0.2, -0.15) is 13.2 Å². The lowest BCUT2D eigenvalue weighted by Gasteiger charge is -2.13. The van der Waals surface area contributed by atoms with Crippen LogP contribution in [-0.2, 0) is 17.5 Å². The average Bonchev–Trinajstić information content (AvgIpc) is 3.42. The predicted octanol–water partition coefficient (Wildman–Crippen LogP) is 10.3. The maximum Gasteiger partial charge on any atom is 0.417 e. The lowest BCUT2D eigenvalue weighted by molar-refractivity contribution is -0.138. The maximum atomic E-state index is 13.3. The summed E-state index contributed by atoms with van der Waals surface area (Å²) in [6, 6.07) is 23.4. The summed E-state index contributed by atoms with van der Waals surface area (Å²) in [6.07, 6.45) is 1.18. The Morgan fingerprint density at radius 2 is 1.55 bits per heavy atom. The van der Waals surface area contributed by atoms with Crippen LogP contribution in [0.25, 0.3) is 34.5 Å². The molecule has 1 aromatic heterocycles. The zero-order valence-corrected chi connectivity index (χ0v) is 25.0. The number of hydrogen-bond donors (Lipinski definition) is 0. The summed E-state index contributed by atoms with van der Waals surface area (Å²) in [5.41, 5.74) is 2.73. The number of esters is 1. The van der Waals surface area contributed by atoms with Crippen LogP contribution >= 0.6 is 23.2 Å². The first-order chi connectivity index (χ1) is 21.0. The first-order valence-corrected chi connectivity index (χ1v) is 14.2. The average molecular weight is 637 g/mol. The molecule has 5 rings (SSSR count). The van der Waals surface area contributed by atoms with E-state index in [-0.39, 0.29) is 5.75 Å². The molecule has 0 spiro atoms. The van der Waals surface area contributed by atoms with E-state index in [1.165, 1.54) is 0 Å². The standard InChI is InChI=1S/C34H25Cl2F3N2O3/c1-3-41-20-31(27-15-11-24(35)18-30(27)36)40-32(41)17-6-21-4-7-22(8-5-21)23-9-12-25(13-10-23)44-26-14-16-29(34(37,38)39)28(19-26)33(42)43-2/h4-20H,3H2,1-2H3. The molecule has 44 heavy (non-hydrogen) atoms. The molecular formula is C34H25Cl2F3N2O3. The predicted molar refractivity (Wildman–Crippen MR) is 167 cm³/mol. The summed E-state index contributed by atoms with van der Waals surface area (Å²) >= 11 is 12.4. The third-order valence-corrected chi connectivity index (χ3v) is 7.36. The number of methoxy groups -OCH3 is 1. The summed E-state index contributed by atoms with van der Waals surface area (Å²) in [5.74, 6) is 0.170. The normalized spacial score (nSPS) is 11.6. The second kappa shape index (κ2) is 13.0. The van der Waals surface area contributed by atoms with E-state index in [2.05, 4.69) is 4.74 Å². The molecule has 0 fully saturated rings. The van der Waals surface area contributed by atoms with Gasteiger partial charge < -0.3 is 14.0 Å². The number of ether oxygens (including phenoxy) is 2. The van der Waals surface area contributed by atoms with E-state index in [0.717, 1.165) is 65.6 Å². The third kappa shape index (κ3) is 6.98. The Balaban J connectivity index is 1.28. The van der Waals surface area contributed by atoms with Crippen LogP contribution in [-0.4, -0.2) is 22.6 Å². The van der Waals surface area contributed by atoms with Gasteiger partial charge in [0.1, 0.15) is 17.3 Å². The molecule has 0 amide bonds. The van der Waals surface area contributed by atoms with Crippen molar-refractivity contribution in [2.45, 2.75) is 19.6 Å². The molecule has 0 N–H and O–H groups in total. The fourth-order valence-corrected chi connectivity index (χ4v) is 5.07. The van der Waals surface area contributed by atoms with Gasteiger partial charge in [0.05, 0.1) is 29.0 Å². The summed E-state index contributed by atoms with van der Waals surface area (Å²) in [7, 11) is 1.02. The van der Waals surface area contributed by atoms with Crippen molar-refractivity contribution in [3.8, 4) is 33.9 Å². The fourth-order valence-electron chi connectivity index (χ4n) is 4.57. The molecule has 1 heterocycles. The van der Waals surface area contributed by atoms with Gasteiger partial charge in [0.25, 0.3) is 0 Å². The van der Waals surface area contributed by atoms with E-state index in [1.54, 1.807) is 24.3 Å². The Morgan fingerprint density at radius 1 is 0.886 bits per heavy atom. The van der Waals surface area contributed by atoms with Crippen molar-refractivity contribution >= 4 is 41.3 Å². The second-order valence-electron chi connectivity index (χ2n) is 9.67. The van der Waals surface area contributed by atoms with Gasteiger partial charge in [0, 0.05) is 23.3 Å². The van der Waals surface area contributed by atoms with Crippen LogP contribution in [0.5, 0.6) is 11.5 Å². The number of aromatic nitrogens is 2. The molecule has 0 aliphatic rings. The molecule has 0 saturated heterocycles. The van der Waals surface area contributed by atoms with Gasteiger partial charge in [-0.05, 0) is 78.2 Å². The highest BCUT2D eigenvalue weighted by atomic mass is 35.5. The molecular weight excluding hydrogens is 612 g/mol. The van der Waals surface area contributed by atoms with E-state index < -0.39 is 23.3 Å². The molecule has 0 aliphatic carbocycles. The molecule has 4 aromatic carbocycles. The van der Waals surface area contributed by atoms with Gasteiger partial charge in [-0.15, -0.1) is 0 Å². The first kappa shape index (κ1) is 30.9. The maximum absolute atomic E-state index is 13.3. The molecule has 0 radical (unpaired) electrons. The number of benzene rings is 4. The van der Waals surface area contributed by atoms with Crippen LogP contribution in [0.4, 0.5) is 13.2 Å². The van der Waals surface area contributed by atoms with Crippen molar-refractivity contribution in [3.05, 3.63) is 124 Å². The molecule has 0 saturated carbocycles. The Hall–Kier alpha value is -4.53. The largest absolute Gasteiger partial charge is 0.465 e. The smallest absolute Gasteiger partial charge is 0.417 e. The monoisotopic (exact) mass is 636 g/mol. The van der Waals surface area contributed by atoms with Crippen molar-refractivity contribution in [1.29, 1.82) is 0 Å². The topological polar surface area (TPSA) is 53.4 Å². The summed E-state index contributed by atoms with van der Waals surface area (Å²) in [4.78, 5) is 16.7. The number of carbonyl (C=O) groups excluding carboxylic acids is 1. The van der Waals surface area contributed by atoms with Crippen LogP contribution in [0.15, 0.2) is 91.1 Å². The van der Waals surface area contributed by atoms with E-state index in [0.29, 0.717) is 15.8 Å². The summed E-state index contributed by atoms with van der Waals surface area (Å²) in [5, 5.41) is 1.10. The number of rotatable bonds is 8. The van der Waals surface area contributed by atoms with Crippen LogP contribution < -0.4 is 4.74 Å². The second-order valence-corrected chi connectivity index (χ2v) is 10.5. The van der Waals surface area contributed by atoms with Crippen LogP contribution in [0.3, 0.4) is 0 Å². The molecule has 10 heteroatoms. The SMILES string of the molecule is CCn1cc(-c2ccc(Cl)cc2Cl)nc1C=Cc1ccc(-c2ccc(Oc3ccc(C(F)(F)F)c(C(=O)OC)c3)cc2)cc1. The highest BCUT2D eigenvalue weighted by Crippen LogP contribution is 2.36. The Labute approximate surface area is 262 Å². The number of nitrogens with zero attached hydrogens (tertiary/aromatic N) is 2. The summed E-state index contributed by atoms with van der Waals surface area (Å²) in [6.45, 7) is 2.78. The molecule has 5 nitrogen and oxygen atoms in total. The van der Waals surface area contributed by atoms with Crippen LogP contribution in [0.2, 0.25) is 10.0 Å². The van der Waals surface area contributed by atoms with Crippen LogP contribution in [0, 0.1) is 0 Å². The third-order valence-electron chi connectivity index (χ3n) is 6.82. The minimum Gasteiger partial charge on any atom is -0.465 e. The molecule has 5 aromatic rings. The molecule has 224 valence electrons. The quantitative estimate of drug-likeness (QED) is 0.159. The van der Waals surface area contributed by atoms with Gasteiger partial charge >= 0.3 is 12.1 Å². The Morgan fingerprint density at radius 3 is 2.16 bits per heavy atom. The molecule has 0 atom stereocenters. The van der Waals surface area contributed by atoms with Gasteiger partial charge in [-0.3, -0.25) is 0 Å². The number of alkyl halides is 3. The van der Waals surface area contributed by atoms with Gasteiger partial charge in [0.2, 0.25) is 0 Å². The van der Waals surface area contributed by atoms with E-state index in [9.17, 15) is 18.0 Å². The van der Waals surface area contributed by atoms with E-state index >= 15 is 0 Å². The van der Waals surface area contributed by atoms with E-state index in [4.69, 9.17) is 32.9 Å². The lowest BCUT2D eigenvalue weighted by Crippen LogP contribution is -2.14. The van der Waals surface area contributed by atoms with Crippen molar-refractivity contribution < 1.29 is 27.4 Å². The van der Waals surface area contributed by atoms with Gasteiger partial charge in [-0.1, -0.05) is 65.7 Å². The highest BCUT2D eigenvalue weighted by Gasteiger charge is 2.36. The van der Waals surface area contributed by atoms with Crippen molar-refractivity contribution in [1.82, 2.24) is 9.55 Å². The zero-order chi connectivity index (χ0) is 31.4. The minimum absolute atomic E-state index is 0.0781. The summed E-state index contributed by atoms with van der Waals surface area (Å²) < 4.78 is 52.2. The van der Waals surface area contributed by atoms with Gasteiger partial charge in [-0.25, -0.2) is 9.78 Å². The molecule has 0 bridgehead atoms. The fraction of sp³-hybridized carbons (Fsp3) is 0.118. The van der Waals surface area contributed by atoms with E-state index in [1.807, 2.05) is 72.3 Å². The Bertz CT molecular complexity index is 1830. The van der Waals surface area contributed by atoms with Crippen molar-refractivity contribution in [3.63, 3.8) is 0 Å². The first-order valence-electron chi connectivity index (χ1n) is 13.4. The number of carbonyl (C=O) groups is 1. The zero-order valence-electron chi connectivity index (χ0n) is 23.5. The van der Waals surface area contributed by atoms with Crippen molar-refractivity contribution in [2.75, 3.05) is 7.11 Å². The number of imidazole rings is 1. The minimum atomic E-state index is -4.71. The highest BCUT2D eigenvalue weighted by molar-refractivity contribution is 6.36. The number of hydrogen-bond acceptors (Lipinski definition) is 4. The van der Waals surface area contributed by atoms with Crippen molar-refractivity contribution in [2.24, 2.45) is 0 Å². The Kier molecular flexibility index (Phi) is 9.13. The number of aryl methyl sites for hydroxylation is 1. The lowest BCUT2D eigenvalue weighted by atomic mass is 10.0. The van der Waals surface area contributed by atoms with Crippen LogP contribution in [0.1, 0.15) is 34.2 Å².